The molecule has 1 aromatic rings. The summed E-state index contributed by atoms with van der Waals surface area (Å²) < 4.78 is 39.1. The first kappa shape index (κ1) is 14.0. The molecule has 0 aromatic heterocycles. The second kappa shape index (κ2) is 5.45. The van der Waals surface area contributed by atoms with Crippen molar-refractivity contribution < 1.29 is 12.8 Å². The van der Waals surface area contributed by atoms with Crippen LogP contribution >= 0.6 is 0 Å². The predicted octanol–water partition coefficient (Wildman–Crippen LogP) is 3.17. The van der Waals surface area contributed by atoms with Gasteiger partial charge in [0.25, 0.3) is 0 Å². The number of benzene rings is 1. The molecule has 5 heteroatoms. The zero-order valence-electron chi connectivity index (χ0n) is 11.5. The van der Waals surface area contributed by atoms with Crippen LogP contribution in [0.5, 0.6) is 0 Å². The van der Waals surface area contributed by atoms with Crippen molar-refractivity contribution in [3.63, 3.8) is 0 Å². The molecular weight excluding hydrogens is 277 g/mol. The molecule has 1 saturated carbocycles. The zero-order chi connectivity index (χ0) is 14.2. The topological polar surface area (TPSA) is 37.1 Å². The Balaban J connectivity index is 1.64. The van der Waals surface area contributed by atoms with E-state index in [9.17, 15) is 12.8 Å². The highest BCUT2D eigenvalue weighted by Gasteiger charge is 2.45. The Bertz CT molecular complexity index is 564. The third-order valence-corrected chi connectivity index (χ3v) is 6.35. The summed E-state index contributed by atoms with van der Waals surface area (Å²) in [6, 6.07) is 5.26. The van der Waals surface area contributed by atoms with E-state index in [1.807, 2.05) is 0 Å². The Morgan fingerprint density at radius 3 is 2.40 bits per heavy atom. The fourth-order valence-electron chi connectivity index (χ4n) is 3.20. The molecule has 2 aliphatic rings. The fourth-order valence-corrected chi connectivity index (χ4v) is 4.79. The van der Waals surface area contributed by atoms with Crippen molar-refractivity contribution in [2.45, 2.75) is 49.5 Å². The molecule has 2 fully saturated rings. The second-order valence-electron chi connectivity index (χ2n) is 5.92. The molecule has 2 atom stereocenters. The molecule has 1 aliphatic heterocycles. The Morgan fingerprint density at radius 2 is 1.75 bits per heavy atom. The van der Waals surface area contributed by atoms with Crippen molar-refractivity contribution in [1.29, 1.82) is 0 Å². The molecule has 110 valence electrons. The highest BCUT2D eigenvalue weighted by atomic mass is 32.2. The average molecular weight is 297 g/mol. The summed E-state index contributed by atoms with van der Waals surface area (Å²) in [6.45, 7) is 0.621. The van der Waals surface area contributed by atoms with Crippen molar-refractivity contribution in [2.24, 2.45) is 5.92 Å². The van der Waals surface area contributed by atoms with Crippen LogP contribution in [0.3, 0.4) is 0 Å². The van der Waals surface area contributed by atoms with E-state index >= 15 is 0 Å². The van der Waals surface area contributed by atoms with E-state index in [2.05, 4.69) is 0 Å². The summed E-state index contributed by atoms with van der Waals surface area (Å²) in [5.74, 6) is 0.274. The van der Waals surface area contributed by atoms with Gasteiger partial charge in [0.05, 0.1) is 4.90 Å². The zero-order valence-corrected chi connectivity index (χ0v) is 12.3. The molecule has 2 unspecified atom stereocenters. The van der Waals surface area contributed by atoms with Gasteiger partial charge in [-0.15, -0.1) is 0 Å². The summed E-state index contributed by atoms with van der Waals surface area (Å²) in [5.41, 5.74) is 0. The van der Waals surface area contributed by atoms with Crippen molar-refractivity contribution in [3.8, 4) is 0 Å². The Morgan fingerprint density at radius 1 is 1.10 bits per heavy atom. The normalized spacial score (nSPS) is 27.4. The van der Waals surface area contributed by atoms with Gasteiger partial charge in [-0.05, 0) is 36.6 Å². The van der Waals surface area contributed by atoms with Gasteiger partial charge in [-0.1, -0.05) is 32.1 Å². The van der Waals surface area contributed by atoms with Crippen molar-refractivity contribution in [3.05, 3.63) is 30.1 Å². The van der Waals surface area contributed by atoms with Crippen LogP contribution in [0.25, 0.3) is 0 Å². The largest absolute Gasteiger partial charge is 0.243 e. The van der Waals surface area contributed by atoms with E-state index in [4.69, 9.17) is 0 Å². The average Bonchev–Trinajstić information content (AvgIpc) is 3.20. The standard InChI is InChI=1S/C15H20FNO2S/c16-13-6-8-15(9-7-13)20(18,19)17-11-14(17)10-12-4-2-1-3-5-12/h6-9,12,14H,1-5,10-11H2. The first-order valence-corrected chi connectivity index (χ1v) is 8.79. The van der Waals surface area contributed by atoms with Gasteiger partial charge in [-0.2, -0.15) is 4.31 Å². The highest BCUT2D eigenvalue weighted by molar-refractivity contribution is 7.89. The lowest BCUT2D eigenvalue weighted by atomic mass is 9.86. The molecule has 0 amide bonds. The maximum Gasteiger partial charge on any atom is 0.243 e. The Hall–Kier alpha value is -0.940. The van der Waals surface area contributed by atoms with Gasteiger partial charge < -0.3 is 0 Å². The van der Waals surface area contributed by atoms with Crippen LogP contribution in [-0.2, 0) is 10.0 Å². The van der Waals surface area contributed by atoms with E-state index in [0.29, 0.717) is 12.5 Å². The van der Waals surface area contributed by atoms with Crippen LogP contribution in [0.4, 0.5) is 4.39 Å². The number of nitrogens with zero attached hydrogens (tertiary/aromatic N) is 1. The summed E-state index contributed by atoms with van der Waals surface area (Å²) >= 11 is 0. The minimum atomic E-state index is -3.42. The second-order valence-corrected chi connectivity index (χ2v) is 7.81. The molecule has 3 nitrogen and oxygen atoms in total. The summed E-state index contributed by atoms with van der Waals surface area (Å²) in [6.07, 6.45) is 7.34. The van der Waals surface area contributed by atoms with Gasteiger partial charge in [0.2, 0.25) is 10.0 Å². The number of halogens is 1. The van der Waals surface area contributed by atoms with Crippen molar-refractivity contribution in [2.75, 3.05) is 6.54 Å². The number of rotatable bonds is 4. The fraction of sp³-hybridized carbons (Fsp3) is 0.600. The summed E-state index contributed by atoms with van der Waals surface area (Å²) in [4.78, 5) is 0.199. The molecular formula is C15H20FNO2S. The summed E-state index contributed by atoms with van der Waals surface area (Å²) in [7, 11) is -3.42. The van der Waals surface area contributed by atoms with Gasteiger partial charge in [0, 0.05) is 12.6 Å². The molecule has 0 N–H and O–H groups in total. The lowest BCUT2D eigenvalue weighted by Crippen LogP contribution is -2.17. The number of hydrogen-bond donors (Lipinski definition) is 0. The van der Waals surface area contributed by atoms with E-state index in [1.165, 1.54) is 56.4 Å². The van der Waals surface area contributed by atoms with Crippen molar-refractivity contribution >= 4 is 10.0 Å². The summed E-state index contributed by atoms with van der Waals surface area (Å²) in [5, 5.41) is 0. The monoisotopic (exact) mass is 297 g/mol. The third-order valence-electron chi connectivity index (χ3n) is 4.41. The minimum absolute atomic E-state index is 0.160. The molecule has 0 radical (unpaired) electrons. The Kier molecular flexibility index (Phi) is 3.82. The van der Waals surface area contributed by atoms with Crippen LogP contribution < -0.4 is 0 Å². The SMILES string of the molecule is O=S(=O)(c1ccc(F)cc1)N1CC1CC1CCCCC1. The van der Waals surface area contributed by atoms with E-state index in [-0.39, 0.29) is 10.9 Å². The quantitative estimate of drug-likeness (QED) is 0.801. The molecule has 3 rings (SSSR count). The smallest absolute Gasteiger partial charge is 0.207 e. The van der Waals surface area contributed by atoms with Gasteiger partial charge >= 0.3 is 0 Å². The maximum absolute atomic E-state index is 12.9. The van der Waals surface area contributed by atoms with E-state index in [1.54, 1.807) is 4.31 Å². The van der Waals surface area contributed by atoms with Crippen LogP contribution in [0.2, 0.25) is 0 Å². The van der Waals surface area contributed by atoms with Gasteiger partial charge in [0.15, 0.2) is 0 Å². The first-order valence-electron chi connectivity index (χ1n) is 7.35. The lowest BCUT2D eigenvalue weighted by molar-refractivity contribution is 0.331. The van der Waals surface area contributed by atoms with Crippen LogP contribution in [0.1, 0.15) is 38.5 Å². The van der Waals surface area contributed by atoms with Crippen LogP contribution in [0.15, 0.2) is 29.2 Å². The van der Waals surface area contributed by atoms with Gasteiger partial charge in [0.1, 0.15) is 5.82 Å². The predicted molar refractivity (Wildman–Crippen MR) is 75.3 cm³/mol. The van der Waals surface area contributed by atoms with Crippen LogP contribution in [0, 0.1) is 11.7 Å². The number of sulfonamides is 1. The molecule has 20 heavy (non-hydrogen) atoms. The molecule has 1 aliphatic carbocycles. The maximum atomic E-state index is 12.9. The van der Waals surface area contributed by atoms with Gasteiger partial charge in [-0.25, -0.2) is 12.8 Å². The molecule has 1 saturated heterocycles. The molecule has 1 heterocycles. The molecule has 0 bridgehead atoms. The van der Waals surface area contributed by atoms with Crippen LogP contribution in [-0.4, -0.2) is 25.3 Å². The minimum Gasteiger partial charge on any atom is -0.207 e. The highest BCUT2D eigenvalue weighted by Crippen LogP contribution is 2.36. The molecule has 0 spiro atoms. The Labute approximate surface area is 119 Å². The van der Waals surface area contributed by atoms with E-state index in [0.717, 1.165) is 6.42 Å². The molecule has 1 aromatic carbocycles. The third kappa shape index (κ3) is 2.88. The number of hydrogen-bond acceptors (Lipinski definition) is 2. The van der Waals surface area contributed by atoms with Gasteiger partial charge in [-0.3, -0.25) is 0 Å². The van der Waals surface area contributed by atoms with Crippen molar-refractivity contribution in [1.82, 2.24) is 4.31 Å². The lowest BCUT2D eigenvalue weighted by Gasteiger charge is -2.21. The van der Waals surface area contributed by atoms with E-state index < -0.39 is 15.8 Å². The first-order chi connectivity index (χ1) is 9.57.